The molecule has 0 radical (unpaired) electrons. The quantitative estimate of drug-likeness (QED) is 0.896. The number of halogens is 1. The van der Waals surface area contributed by atoms with Gasteiger partial charge in [-0.25, -0.2) is 0 Å². The number of nitrogens with zero attached hydrogens (tertiary/aromatic N) is 1. The summed E-state index contributed by atoms with van der Waals surface area (Å²) in [6.45, 7) is 0. The second-order valence-electron chi connectivity index (χ2n) is 2.90. The summed E-state index contributed by atoms with van der Waals surface area (Å²) in [7, 11) is 1.60. The average Bonchev–Trinajstić information content (AvgIpc) is 2.18. The number of ether oxygens (including phenoxy) is 1. The monoisotopic (exact) mass is 254 g/mol. The van der Waals surface area contributed by atoms with Crippen LogP contribution in [0.3, 0.4) is 0 Å². The van der Waals surface area contributed by atoms with Gasteiger partial charge in [-0.15, -0.1) is 0 Å². The van der Waals surface area contributed by atoms with Crippen LogP contribution < -0.4 is 10.5 Å². The van der Waals surface area contributed by atoms with Crippen LogP contribution in [0.5, 0.6) is 5.75 Å². The molecule has 0 fully saturated rings. The van der Waals surface area contributed by atoms with E-state index >= 15 is 0 Å². The topological polar surface area (TPSA) is 59.0 Å². The summed E-state index contributed by atoms with van der Waals surface area (Å²) in [6, 6.07) is 7.16. The fourth-order valence-corrected chi connectivity index (χ4v) is 1.60. The molecule has 0 saturated heterocycles. The Morgan fingerprint density at radius 3 is 2.93 bits per heavy atom. The van der Waals surface area contributed by atoms with Crippen LogP contribution >= 0.6 is 15.9 Å². The second kappa shape index (κ2) is 4.99. The summed E-state index contributed by atoms with van der Waals surface area (Å²) in [5.41, 5.74) is 6.49. The molecule has 1 unspecified atom stereocenters. The van der Waals surface area contributed by atoms with E-state index < -0.39 is 6.04 Å². The zero-order valence-electron chi connectivity index (χ0n) is 7.83. The predicted octanol–water partition coefficient (Wildman–Crippen LogP) is 1.85. The van der Waals surface area contributed by atoms with Crippen molar-refractivity contribution in [2.75, 3.05) is 7.11 Å². The van der Waals surface area contributed by atoms with E-state index in [4.69, 9.17) is 15.7 Å². The van der Waals surface area contributed by atoms with Crippen molar-refractivity contribution in [3.8, 4) is 11.8 Å². The molecule has 0 heterocycles. The first-order valence-electron chi connectivity index (χ1n) is 4.15. The Bertz CT molecular complexity index is 360. The summed E-state index contributed by atoms with van der Waals surface area (Å²) in [5.74, 6) is 0.763. The first-order chi connectivity index (χ1) is 6.67. The number of hydrogen-bond donors (Lipinski definition) is 1. The van der Waals surface area contributed by atoms with Gasteiger partial charge in [0.15, 0.2) is 0 Å². The molecule has 3 nitrogen and oxygen atoms in total. The van der Waals surface area contributed by atoms with Gasteiger partial charge in [0.05, 0.1) is 19.2 Å². The predicted molar refractivity (Wildman–Crippen MR) is 58.0 cm³/mol. The minimum Gasteiger partial charge on any atom is -0.496 e. The molecule has 4 heteroatoms. The Balaban J connectivity index is 2.94. The number of hydrogen-bond acceptors (Lipinski definition) is 3. The van der Waals surface area contributed by atoms with Gasteiger partial charge in [-0.1, -0.05) is 15.9 Å². The Morgan fingerprint density at radius 2 is 2.36 bits per heavy atom. The maximum absolute atomic E-state index is 8.60. The lowest BCUT2D eigenvalue weighted by molar-refractivity contribution is 0.409. The molecular weight excluding hydrogens is 244 g/mol. The zero-order valence-corrected chi connectivity index (χ0v) is 9.41. The average molecular weight is 255 g/mol. The maximum atomic E-state index is 8.60. The third-order valence-corrected chi connectivity index (χ3v) is 2.34. The fraction of sp³-hybridized carbons (Fsp3) is 0.300. The highest BCUT2D eigenvalue weighted by Crippen LogP contribution is 2.23. The molecule has 2 N–H and O–H groups in total. The molecular formula is C10H11BrN2O. The van der Waals surface area contributed by atoms with Gasteiger partial charge in [0.2, 0.25) is 0 Å². The highest BCUT2D eigenvalue weighted by Gasteiger charge is 2.08. The van der Waals surface area contributed by atoms with E-state index in [1.165, 1.54) is 0 Å². The maximum Gasteiger partial charge on any atom is 0.122 e. The van der Waals surface area contributed by atoms with Crippen molar-refractivity contribution in [1.82, 2.24) is 0 Å². The third kappa shape index (κ3) is 2.72. The van der Waals surface area contributed by atoms with Crippen molar-refractivity contribution in [2.45, 2.75) is 12.5 Å². The van der Waals surface area contributed by atoms with Crippen LogP contribution in [0.2, 0.25) is 0 Å². The van der Waals surface area contributed by atoms with Gasteiger partial charge in [0, 0.05) is 10.9 Å². The molecule has 0 spiro atoms. The second-order valence-corrected chi connectivity index (χ2v) is 3.81. The van der Waals surface area contributed by atoms with Gasteiger partial charge in [0.1, 0.15) is 5.75 Å². The summed E-state index contributed by atoms with van der Waals surface area (Å²) < 4.78 is 6.12. The third-order valence-electron chi connectivity index (χ3n) is 1.85. The minimum atomic E-state index is -0.488. The number of benzene rings is 1. The summed E-state index contributed by atoms with van der Waals surface area (Å²) >= 11 is 3.36. The van der Waals surface area contributed by atoms with E-state index in [-0.39, 0.29) is 0 Å². The smallest absolute Gasteiger partial charge is 0.122 e. The molecule has 1 aromatic rings. The molecule has 0 saturated carbocycles. The van der Waals surface area contributed by atoms with E-state index in [0.717, 1.165) is 15.8 Å². The normalized spacial score (nSPS) is 11.9. The van der Waals surface area contributed by atoms with Gasteiger partial charge < -0.3 is 10.5 Å². The van der Waals surface area contributed by atoms with Crippen molar-refractivity contribution in [3.63, 3.8) is 0 Å². The number of rotatable bonds is 3. The Kier molecular flexibility index (Phi) is 3.93. The number of nitrogens with two attached hydrogens (primary N) is 1. The molecule has 0 aromatic heterocycles. The highest BCUT2D eigenvalue weighted by molar-refractivity contribution is 9.10. The van der Waals surface area contributed by atoms with E-state index in [2.05, 4.69) is 15.9 Å². The number of nitriles is 1. The van der Waals surface area contributed by atoms with Crippen molar-refractivity contribution < 1.29 is 4.74 Å². The Hall–Kier alpha value is -1.05. The molecule has 0 aliphatic rings. The van der Waals surface area contributed by atoms with Gasteiger partial charge in [-0.05, 0) is 23.8 Å². The van der Waals surface area contributed by atoms with Crippen LogP contribution in [0.4, 0.5) is 0 Å². The van der Waals surface area contributed by atoms with Gasteiger partial charge in [-0.3, -0.25) is 0 Å². The standard InChI is InChI=1S/C10H11BrN2O/c1-14-10-3-2-8(11)4-7(10)5-9(13)6-12/h2-4,9H,5,13H2,1H3. The summed E-state index contributed by atoms with van der Waals surface area (Å²) in [4.78, 5) is 0. The minimum absolute atomic E-state index is 0.488. The van der Waals surface area contributed by atoms with Crippen molar-refractivity contribution >= 4 is 15.9 Å². The van der Waals surface area contributed by atoms with Crippen LogP contribution in [0.25, 0.3) is 0 Å². The van der Waals surface area contributed by atoms with E-state index in [0.29, 0.717) is 6.42 Å². The van der Waals surface area contributed by atoms with E-state index in [1.807, 2.05) is 24.3 Å². The lowest BCUT2D eigenvalue weighted by Crippen LogP contribution is -2.20. The Morgan fingerprint density at radius 1 is 1.64 bits per heavy atom. The molecule has 1 aromatic carbocycles. The molecule has 0 amide bonds. The number of methoxy groups -OCH3 is 1. The lowest BCUT2D eigenvalue weighted by atomic mass is 10.1. The SMILES string of the molecule is COc1ccc(Br)cc1CC(N)C#N. The van der Waals surface area contributed by atoms with Crippen LogP contribution in [-0.4, -0.2) is 13.2 Å². The molecule has 74 valence electrons. The van der Waals surface area contributed by atoms with Crippen LogP contribution in [0, 0.1) is 11.3 Å². The zero-order chi connectivity index (χ0) is 10.6. The fourth-order valence-electron chi connectivity index (χ4n) is 1.19. The molecule has 14 heavy (non-hydrogen) atoms. The van der Waals surface area contributed by atoms with Gasteiger partial charge in [-0.2, -0.15) is 5.26 Å². The Labute approximate surface area is 91.6 Å². The summed E-state index contributed by atoms with van der Waals surface area (Å²) in [6.07, 6.45) is 0.499. The molecule has 0 bridgehead atoms. The highest BCUT2D eigenvalue weighted by atomic mass is 79.9. The van der Waals surface area contributed by atoms with Crippen molar-refractivity contribution in [1.29, 1.82) is 5.26 Å². The van der Waals surface area contributed by atoms with Crippen LogP contribution in [0.1, 0.15) is 5.56 Å². The largest absolute Gasteiger partial charge is 0.496 e. The molecule has 0 aliphatic carbocycles. The molecule has 0 aliphatic heterocycles. The first-order valence-corrected chi connectivity index (χ1v) is 4.94. The van der Waals surface area contributed by atoms with Crippen molar-refractivity contribution in [3.05, 3.63) is 28.2 Å². The summed E-state index contributed by atoms with van der Waals surface area (Å²) in [5, 5.41) is 8.60. The first kappa shape index (κ1) is 11.0. The van der Waals surface area contributed by atoms with Crippen LogP contribution in [-0.2, 0) is 6.42 Å². The van der Waals surface area contributed by atoms with E-state index in [1.54, 1.807) is 7.11 Å². The van der Waals surface area contributed by atoms with Gasteiger partial charge >= 0.3 is 0 Å². The van der Waals surface area contributed by atoms with Gasteiger partial charge in [0.25, 0.3) is 0 Å². The van der Waals surface area contributed by atoms with Crippen molar-refractivity contribution in [2.24, 2.45) is 5.73 Å². The van der Waals surface area contributed by atoms with E-state index in [9.17, 15) is 0 Å². The van der Waals surface area contributed by atoms with Crippen LogP contribution in [0.15, 0.2) is 22.7 Å². The lowest BCUT2D eigenvalue weighted by Gasteiger charge is -2.09. The molecule has 1 rings (SSSR count). The molecule has 1 atom stereocenters.